The van der Waals surface area contributed by atoms with E-state index in [1.807, 2.05) is 37.2 Å². The van der Waals surface area contributed by atoms with E-state index >= 15 is 0 Å². The fraction of sp³-hybridized carbons (Fsp3) is 0.562. The zero-order valence-electron chi connectivity index (χ0n) is 12.8. The van der Waals surface area contributed by atoms with Gasteiger partial charge in [0.25, 0.3) is 0 Å². The summed E-state index contributed by atoms with van der Waals surface area (Å²) in [6.07, 6.45) is 11.5. The lowest BCUT2D eigenvalue weighted by Crippen LogP contribution is -2.07. The van der Waals surface area contributed by atoms with Gasteiger partial charge in [-0.15, -0.1) is 0 Å². The van der Waals surface area contributed by atoms with Crippen LogP contribution in [0.15, 0.2) is 18.5 Å². The van der Waals surface area contributed by atoms with E-state index in [0.29, 0.717) is 5.92 Å². The lowest BCUT2D eigenvalue weighted by molar-refractivity contribution is 0.561. The van der Waals surface area contributed by atoms with Crippen LogP contribution >= 0.6 is 0 Å². The Kier molecular flexibility index (Phi) is 4.18. The third kappa shape index (κ3) is 3.23. The van der Waals surface area contributed by atoms with Crippen molar-refractivity contribution in [3.8, 4) is 11.3 Å². The first-order valence-electron chi connectivity index (χ1n) is 7.82. The first-order chi connectivity index (χ1) is 10.3. The van der Waals surface area contributed by atoms with Gasteiger partial charge in [-0.2, -0.15) is 5.10 Å². The number of nitrogens with zero attached hydrogens (tertiary/aromatic N) is 4. The Bertz CT molecular complexity index is 596. The molecule has 0 aromatic carbocycles. The smallest absolute Gasteiger partial charge is 0.134 e. The largest absolute Gasteiger partial charge is 0.373 e. The molecular weight excluding hydrogens is 262 g/mol. The molecule has 0 radical (unpaired) electrons. The van der Waals surface area contributed by atoms with Crippen LogP contribution in [0.25, 0.3) is 11.3 Å². The van der Waals surface area contributed by atoms with E-state index in [-0.39, 0.29) is 0 Å². The summed E-state index contributed by atoms with van der Waals surface area (Å²) < 4.78 is 1.81. The molecule has 5 heteroatoms. The molecule has 1 fully saturated rings. The van der Waals surface area contributed by atoms with Gasteiger partial charge < -0.3 is 5.32 Å². The van der Waals surface area contributed by atoms with Crippen LogP contribution in [-0.2, 0) is 7.05 Å². The van der Waals surface area contributed by atoms with Gasteiger partial charge in [0.1, 0.15) is 11.6 Å². The molecule has 5 nitrogen and oxygen atoms in total. The molecule has 1 saturated carbocycles. The molecule has 0 aliphatic heterocycles. The van der Waals surface area contributed by atoms with Gasteiger partial charge in [-0.3, -0.25) is 4.68 Å². The molecule has 21 heavy (non-hydrogen) atoms. The lowest BCUT2D eigenvalue weighted by atomic mass is 9.99. The van der Waals surface area contributed by atoms with Crippen LogP contribution in [-0.4, -0.2) is 26.8 Å². The summed E-state index contributed by atoms with van der Waals surface area (Å²) in [5.74, 6) is 2.38. The Morgan fingerprint density at radius 3 is 2.52 bits per heavy atom. The summed E-state index contributed by atoms with van der Waals surface area (Å²) in [4.78, 5) is 9.53. The summed E-state index contributed by atoms with van der Waals surface area (Å²) in [6.45, 7) is 0. The van der Waals surface area contributed by atoms with Crippen LogP contribution in [0.4, 0.5) is 5.82 Å². The molecule has 0 bridgehead atoms. The minimum atomic E-state index is 0.497. The van der Waals surface area contributed by atoms with Gasteiger partial charge in [-0.25, -0.2) is 9.97 Å². The second-order valence-corrected chi connectivity index (χ2v) is 5.84. The zero-order valence-corrected chi connectivity index (χ0v) is 12.8. The lowest BCUT2D eigenvalue weighted by Gasteiger charge is -2.14. The van der Waals surface area contributed by atoms with Crippen molar-refractivity contribution in [2.45, 2.75) is 44.4 Å². The van der Waals surface area contributed by atoms with Crippen LogP contribution in [0.3, 0.4) is 0 Å². The summed E-state index contributed by atoms with van der Waals surface area (Å²) >= 11 is 0. The highest BCUT2D eigenvalue weighted by molar-refractivity contribution is 5.61. The van der Waals surface area contributed by atoms with Crippen molar-refractivity contribution in [2.75, 3.05) is 12.4 Å². The van der Waals surface area contributed by atoms with E-state index in [0.717, 1.165) is 22.9 Å². The zero-order chi connectivity index (χ0) is 14.7. The normalized spacial score (nSPS) is 16.7. The summed E-state index contributed by atoms with van der Waals surface area (Å²) in [5.41, 5.74) is 2.01. The minimum absolute atomic E-state index is 0.497. The van der Waals surface area contributed by atoms with Crippen molar-refractivity contribution in [3.05, 3.63) is 24.3 Å². The summed E-state index contributed by atoms with van der Waals surface area (Å²) in [5, 5.41) is 7.40. The van der Waals surface area contributed by atoms with Crippen LogP contribution in [0, 0.1) is 0 Å². The topological polar surface area (TPSA) is 55.6 Å². The molecule has 3 rings (SSSR count). The molecule has 0 amide bonds. The van der Waals surface area contributed by atoms with E-state index in [2.05, 4.69) is 10.4 Å². The number of aromatic nitrogens is 4. The number of hydrogen-bond donors (Lipinski definition) is 1. The fourth-order valence-corrected chi connectivity index (χ4v) is 3.02. The average molecular weight is 285 g/mol. The maximum Gasteiger partial charge on any atom is 0.134 e. The van der Waals surface area contributed by atoms with Gasteiger partial charge in [0.05, 0.1) is 11.9 Å². The summed E-state index contributed by atoms with van der Waals surface area (Å²) in [6, 6.07) is 2.00. The molecule has 0 saturated heterocycles. The van der Waals surface area contributed by atoms with E-state index in [1.165, 1.54) is 38.5 Å². The Morgan fingerprint density at radius 1 is 1.14 bits per heavy atom. The van der Waals surface area contributed by atoms with Gasteiger partial charge in [-0.1, -0.05) is 25.7 Å². The van der Waals surface area contributed by atoms with Crippen molar-refractivity contribution < 1.29 is 0 Å². The predicted octanol–water partition coefficient (Wildman–Crippen LogP) is 3.36. The molecular formula is C16H23N5. The number of aryl methyl sites for hydroxylation is 1. The fourth-order valence-electron chi connectivity index (χ4n) is 3.02. The standard InChI is InChI=1S/C16H23N5/c1-17-15-9-14(13-10-18-21(2)11-13)19-16(20-15)12-7-5-3-4-6-8-12/h9-12H,3-8H2,1-2H3,(H,17,19,20). The molecule has 0 unspecified atom stereocenters. The van der Waals surface area contributed by atoms with Gasteiger partial charge in [0.2, 0.25) is 0 Å². The Labute approximate surface area is 125 Å². The third-order valence-electron chi connectivity index (χ3n) is 4.22. The highest BCUT2D eigenvalue weighted by Gasteiger charge is 2.19. The predicted molar refractivity (Wildman–Crippen MR) is 84.2 cm³/mol. The third-order valence-corrected chi connectivity index (χ3v) is 4.22. The number of rotatable bonds is 3. The Hall–Kier alpha value is -1.91. The molecule has 0 spiro atoms. The monoisotopic (exact) mass is 285 g/mol. The van der Waals surface area contributed by atoms with E-state index < -0.39 is 0 Å². The maximum atomic E-state index is 4.83. The highest BCUT2D eigenvalue weighted by Crippen LogP contribution is 2.31. The van der Waals surface area contributed by atoms with Crippen LogP contribution < -0.4 is 5.32 Å². The quantitative estimate of drug-likeness (QED) is 0.879. The molecule has 112 valence electrons. The van der Waals surface area contributed by atoms with Crippen molar-refractivity contribution >= 4 is 5.82 Å². The van der Waals surface area contributed by atoms with Crippen LogP contribution in [0.1, 0.15) is 50.3 Å². The van der Waals surface area contributed by atoms with E-state index in [4.69, 9.17) is 9.97 Å². The second-order valence-electron chi connectivity index (χ2n) is 5.84. The van der Waals surface area contributed by atoms with Gasteiger partial charge in [-0.05, 0) is 12.8 Å². The van der Waals surface area contributed by atoms with Crippen LogP contribution in [0.5, 0.6) is 0 Å². The van der Waals surface area contributed by atoms with Crippen molar-refractivity contribution in [1.82, 2.24) is 19.7 Å². The number of hydrogen-bond acceptors (Lipinski definition) is 4. The Morgan fingerprint density at radius 2 is 1.90 bits per heavy atom. The SMILES string of the molecule is CNc1cc(-c2cnn(C)c2)nc(C2CCCCCC2)n1. The molecule has 2 aromatic rings. The average Bonchev–Trinajstić information content (AvgIpc) is 2.77. The van der Waals surface area contributed by atoms with E-state index in [1.54, 1.807) is 0 Å². The minimum Gasteiger partial charge on any atom is -0.373 e. The molecule has 2 heterocycles. The van der Waals surface area contributed by atoms with Gasteiger partial charge in [0, 0.05) is 37.8 Å². The van der Waals surface area contributed by atoms with Crippen molar-refractivity contribution in [1.29, 1.82) is 0 Å². The van der Waals surface area contributed by atoms with Gasteiger partial charge >= 0.3 is 0 Å². The first-order valence-corrected chi connectivity index (χ1v) is 7.82. The molecule has 1 aliphatic rings. The molecule has 1 aliphatic carbocycles. The first kappa shape index (κ1) is 14.0. The second kappa shape index (κ2) is 6.24. The number of nitrogens with one attached hydrogen (secondary N) is 1. The highest BCUT2D eigenvalue weighted by atomic mass is 15.2. The van der Waals surface area contributed by atoms with Crippen LogP contribution in [0.2, 0.25) is 0 Å². The van der Waals surface area contributed by atoms with Crippen molar-refractivity contribution in [2.24, 2.45) is 7.05 Å². The number of anilines is 1. The molecule has 0 atom stereocenters. The van der Waals surface area contributed by atoms with Gasteiger partial charge in [0.15, 0.2) is 0 Å². The Balaban J connectivity index is 1.96. The molecule has 1 N–H and O–H groups in total. The maximum absolute atomic E-state index is 4.83. The van der Waals surface area contributed by atoms with E-state index in [9.17, 15) is 0 Å². The van der Waals surface area contributed by atoms with Crippen molar-refractivity contribution in [3.63, 3.8) is 0 Å². The molecule has 2 aromatic heterocycles. The summed E-state index contributed by atoms with van der Waals surface area (Å²) in [7, 11) is 3.84.